The first-order valence-electron chi connectivity index (χ1n) is 4.14. The van der Waals surface area contributed by atoms with E-state index in [-0.39, 0.29) is 0 Å². The molecule has 0 aliphatic heterocycles. The van der Waals surface area contributed by atoms with Gasteiger partial charge in [0.1, 0.15) is 0 Å². The highest BCUT2D eigenvalue weighted by Gasteiger charge is 2.02. The lowest BCUT2D eigenvalue weighted by atomic mass is 10.0. The molecule has 2 rings (SSSR count). The zero-order valence-electron chi connectivity index (χ0n) is 7.12. The van der Waals surface area contributed by atoms with Gasteiger partial charge in [0.05, 0.1) is 0 Å². The van der Waals surface area contributed by atoms with Crippen molar-refractivity contribution in [2.45, 2.75) is 13.3 Å². The molecule has 0 unspecified atom stereocenters. The molecule has 0 atom stereocenters. The minimum atomic E-state index is 1.02. The highest BCUT2D eigenvalue weighted by molar-refractivity contribution is 5.57. The number of rotatable bonds is 0. The highest BCUT2D eigenvalue weighted by Crippen LogP contribution is 2.17. The molecule has 1 aromatic heterocycles. The monoisotopic (exact) mass is 157 g/mol. The lowest BCUT2D eigenvalue weighted by molar-refractivity contribution is 1.15. The van der Waals surface area contributed by atoms with E-state index in [2.05, 4.69) is 36.2 Å². The predicted molar refractivity (Wildman–Crippen MR) is 50.9 cm³/mol. The summed E-state index contributed by atoms with van der Waals surface area (Å²) in [6, 6.07) is 0. The van der Waals surface area contributed by atoms with Crippen LogP contribution in [0.25, 0.3) is 6.08 Å². The predicted octanol–water partition coefficient (Wildman–Crippen LogP) is 2.52. The van der Waals surface area contributed by atoms with Crippen molar-refractivity contribution in [3.8, 4) is 0 Å². The smallest absolute Gasteiger partial charge is 0.0343 e. The molecule has 0 fully saturated rings. The summed E-state index contributed by atoms with van der Waals surface area (Å²) in [7, 11) is 0. The van der Waals surface area contributed by atoms with E-state index in [0.29, 0.717) is 0 Å². The zero-order valence-corrected chi connectivity index (χ0v) is 7.12. The molecule has 0 N–H and O–H groups in total. The first-order valence-corrected chi connectivity index (χ1v) is 4.14. The Morgan fingerprint density at radius 2 is 2.17 bits per heavy atom. The largest absolute Gasteiger partial charge is 0.264 e. The second-order valence-electron chi connectivity index (χ2n) is 3.02. The molecule has 1 heteroatoms. The van der Waals surface area contributed by atoms with Gasteiger partial charge in [0.15, 0.2) is 0 Å². The van der Waals surface area contributed by atoms with Crippen molar-refractivity contribution in [1.82, 2.24) is 4.98 Å². The summed E-state index contributed by atoms with van der Waals surface area (Å²) in [6.45, 7) is 2.11. The molecule has 1 nitrogen and oxygen atoms in total. The Balaban J connectivity index is 2.59. The Morgan fingerprint density at radius 1 is 1.25 bits per heavy atom. The quantitative estimate of drug-likeness (QED) is 0.564. The van der Waals surface area contributed by atoms with Crippen molar-refractivity contribution >= 4 is 6.08 Å². The molecule has 0 amide bonds. The first kappa shape index (κ1) is 7.29. The van der Waals surface area contributed by atoms with Crippen LogP contribution in [0.1, 0.15) is 16.7 Å². The number of aryl methyl sites for hydroxylation is 1. The number of fused-ring (bicyclic) bond motifs is 1. The van der Waals surface area contributed by atoms with E-state index in [4.69, 9.17) is 0 Å². The molecular weight excluding hydrogens is 146 g/mol. The van der Waals surface area contributed by atoms with Crippen LogP contribution in [0, 0.1) is 6.92 Å². The Bertz CT molecular complexity index is 348. The van der Waals surface area contributed by atoms with Gasteiger partial charge in [0.25, 0.3) is 0 Å². The summed E-state index contributed by atoms with van der Waals surface area (Å²) in [5.41, 5.74) is 3.93. The number of hydrogen-bond acceptors (Lipinski definition) is 1. The molecule has 0 radical (unpaired) electrons. The van der Waals surface area contributed by atoms with Crippen LogP contribution in [0.5, 0.6) is 0 Å². The normalized spacial score (nSPS) is 14.1. The molecule has 1 aliphatic carbocycles. The standard InChI is InChI=1S/C11H11N/c1-9-7-12-8-10-5-3-2-4-6-11(9)10/h2-5,7-8H,6H2,1H3. The zero-order chi connectivity index (χ0) is 8.39. The van der Waals surface area contributed by atoms with Crippen molar-refractivity contribution < 1.29 is 0 Å². The Morgan fingerprint density at radius 3 is 3.08 bits per heavy atom. The fourth-order valence-corrected chi connectivity index (χ4v) is 1.46. The lowest BCUT2D eigenvalue weighted by Crippen LogP contribution is -1.92. The van der Waals surface area contributed by atoms with Crippen molar-refractivity contribution in [3.05, 3.63) is 47.3 Å². The van der Waals surface area contributed by atoms with Gasteiger partial charge in [0, 0.05) is 12.4 Å². The first-order chi connectivity index (χ1) is 5.88. The topological polar surface area (TPSA) is 12.9 Å². The van der Waals surface area contributed by atoms with Crippen LogP contribution < -0.4 is 0 Å². The van der Waals surface area contributed by atoms with Gasteiger partial charge in [-0.15, -0.1) is 0 Å². The van der Waals surface area contributed by atoms with E-state index < -0.39 is 0 Å². The molecule has 0 bridgehead atoms. The number of hydrogen-bond donors (Lipinski definition) is 0. The Kier molecular flexibility index (Phi) is 1.78. The Labute approximate surface area is 72.5 Å². The van der Waals surface area contributed by atoms with E-state index in [1.54, 1.807) is 0 Å². The minimum absolute atomic E-state index is 1.02. The Hall–Kier alpha value is -1.37. The van der Waals surface area contributed by atoms with E-state index in [1.807, 2.05) is 12.4 Å². The van der Waals surface area contributed by atoms with Crippen LogP contribution in [0.2, 0.25) is 0 Å². The maximum absolute atomic E-state index is 4.16. The van der Waals surface area contributed by atoms with E-state index >= 15 is 0 Å². The van der Waals surface area contributed by atoms with Crippen molar-refractivity contribution in [3.63, 3.8) is 0 Å². The number of aromatic nitrogens is 1. The molecule has 1 aliphatic rings. The van der Waals surface area contributed by atoms with Gasteiger partial charge in [-0.25, -0.2) is 0 Å². The molecule has 0 aromatic carbocycles. The molecule has 60 valence electrons. The van der Waals surface area contributed by atoms with E-state index in [9.17, 15) is 0 Å². The minimum Gasteiger partial charge on any atom is -0.264 e. The van der Waals surface area contributed by atoms with Crippen molar-refractivity contribution in [2.24, 2.45) is 0 Å². The van der Waals surface area contributed by atoms with Crippen LogP contribution in [-0.2, 0) is 6.42 Å². The number of pyridine rings is 1. The molecule has 0 saturated heterocycles. The highest BCUT2D eigenvalue weighted by atomic mass is 14.6. The van der Waals surface area contributed by atoms with Crippen LogP contribution >= 0.6 is 0 Å². The summed E-state index contributed by atoms with van der Waals surface area (Å²) in [4.78, 5) is 4.16. The maximum Gasteiger partial charge on any atom is 0.0343 e. The third kappa shape index (κ3) is 1.18. The maximum atomic E-state index is 4.16. The van der Waals surface area contributed by atoms with Crippen molar-refractivity contribution in [2.75, 3.05) is 0 Å². The van der Waals surface area contributed by atoms with Gasteiger partial charge in [-0.2, -0.15) is 0 Å². The molecule has 0 spiro atoms. The van der Waals surface area contributed by atoms with Gasteiger partial charge in [-0.3, -0.25) is 4.98 Å². The summed E-state index contributed by atoms with van der Waals surface area (Å²) in [6.07, 6.45) is 13.3. The van der Waals surface area contributed by atoms with Crippen LogP contribution in [0.4, 0.5) is 0 Å². The van der Waals surface area contributed by atoms with Gasteiger partial charge in [0.2, 0.25) is 0 Å². The van der Waals surface area contributed by atoms with Gasteiger partial charge >= 0.3 is 0 Å². The number of allylic oxidation sites excluding steroid dienone is 3. The van der Waals surface area contributed by atoms with E-state index in [0.717, 1.165) is 6.42 Å². The lowest BCUT2D eigenvalue weighted by Gasteiger charge is -2.04. The van der Waals surface area contributed by atoms with Crippen LogP contribution in [-0.4, -0.2) is 4.98 Å². The molecule has 12 heavy (non-hydrogen) atoms. The third-order valence-electron chi connectivity index (χ3n) is 2.15. The van der Waals surface area contributed by atoms with Crippen LogP contribution in [0.3, 0.4) is 0 Å². The fraction of sp³-hybridized carbons (Fsp3) is 0.182. The molecular formula is C11H11N. The van der Waals surface area contributed by atoms with Gasteiger partial charge < -0.3 is 0 Å². The molecule has 1 heterocycles. The molecule has 1 aromatic rings. The fourth-order valence-electron chi connectivity index (χ4n) is 1.46. The van der Waals surface area contributed by atoms with Crippen LogP contribution in [0.15, 0.2) is 30.6 Å². The molecule has 0 saturated carbocycles. The van der Waals surface area contributed by atoms with Crippen molar-refractivity contribution in [1.29, 1.82) is 0 Å². The average Bonchev–Trinajstić information content (AvgIpc) is 2.30. The average molecular weight is 157 g/mol. The second kappa shape index (κ2) is 2.94. The number of nitrogens with zero attached hydrogens (tertiary/aromatic N) is 1. The van der Waals surface area contributed by atoms with E-state index in [1.165, 1.54) is 16.7 Å². The summed E-state index contributed by atoms with van der Waals surface area (Å²) >= 11 is 0. The summed E-state index contributed by atoms with van der Waals surface area (Å²) in [5, 5.41) is 0. The second-order valence-corrected chi connectivity index (χ2v) is 3.02. The van der Waals surface area contributed by atoms with Gasteiger partial charge in [-0.1, -0.05) is 24.3 Å². The summed E-state index contributed by atoms with van der Waals surface area (Å²) in [5.74, 6) is 0. The van der Waals surface area contributed by atoms with Gasteiger partial charge in [-0.05, 0) is 30.0 Å². The summed E-state index contributed by atoms with van der Waals surface area (Å²) < 4.78 is 0. The third-order valence-corrected chi connectivity index (χ3v) is 2.15. The SMILES string of the molecule is Cc1cncc2c1CC=CC=C2.